The van der Waals surface area contributed by atoms with Crippen LogP contribution in [0.2, 0.25) is 0 Å². The molecule has 0 aromatic heterocycles. The Morgan fingerprint density at radius 1 is 1.29 bits per heavy atom. The molecule has 1 atom stereocenters. The van der Waals surface area contributed by atoms with Crippen LogP contribution in [0.25, 0.3) is 0 Å². The van der Waals surface area contributed by atoms with Crippen LogP contribution in [0, 0.1) is 0 Å². The molecule has 0 bridgehead atoms. The topological polar surface area (TPSA) is 58.6 Å². The highest BCUT2D eigenvalue weighted by Crippen LogP contribution is 2.40. The van der Waals surface area contributed by atoms with Crippen molar-refractivity contribution in [3.05, 3.63) is 29.8 Å². The first kappa shape index (κ1) is 18.4. The number of alkyl halides is 3. The van der Waals surface area contributed by atoms with E-state index in [0.717, 1.165) is 7.11 Å². The van der Waals surface area contributed by atoms with E-state index in [4.69, 9.17) is 4.74 Å². The van der Waals surface area contributed by atoms with Crippen molar-refractivity contribution in [1.29, 1.82) is 0 Å². The van der Waals surface area contributed by atoms with Crippen LogP contribution in [0.1, 0.15) is 23.7 Å². The Hall–Kier alpha value is -1.93. The van der Waals surface area contributed by atoms with Gasteiger partial charge in [-0.1, -0.05) is 0 Å². The SMILES string of the molecule is COC1(C(F)(F)F)CCN(CC(=O)Nc2ccc(C(C)=O)cc2)C1. The molecule has 0 radical (unpaired) electrons. The minimum absolute atomic E-state index is 0.0898. The van der Waals surface area contributed by atoms with Crippen LogP contribution >= 0.6 is 0 Å². The van der Waals surface area contributed by atoms with Crippen molar-refractivity contribution in [3.63, 3.8) is 0 Å². The number of hydrogen-bond donors (Lipinski definition) is 1. The Morgan fingerprint density at radius 3 is 2.38 bits per heavy atom. The lowest BCUT2D eigenvalue weighted by atomic mass is 10.0. The summed E-state index contributed by atoms with van der Waals surface area (Å²) in [4.78, 5) is 24.6. The third-order valence-corrected chi connectivity index (χ3v) is 4.16. The quantitative estimate of drug-likeness (QED) is 0.834. The van der Waals surface area contributed by atoms with Crippen LogP contribution in [-0.2, 0) is 9.53 Å². The number of Topliss-reactive ketones (excluding diaryl/α,β-unsaturated/α-hetero) is 1. The number of hydrogen-bond acceptors (Lipinski definition) is 4. The minimum Gasteiger partial charge on any atom is -0.367 e. The second kappa shape index (κ2) is 6.90. The van der Waals surface area contributed by atoms with Crippen molar-refractivity contribution >= 4 is 17.4 Å². The number of anilines is 1. The maximum Gasteiger partial charge on any atom is 0.418 e. The number of nitrogens with zero attached hydrogens (tertiary/aromatic N) is 1. The molecule has 132 valence electrons. The second-order valence-corrected chi connectivity index (χ2v) is 5.84. The predicted molar refractivity (Wildman–Crippen MR) is 81.9 cm³/mol. The zero-order valence-electron chi connectivity index (χ0n) is 13.4. The molecule has 5 nitrogen and oxygen atoms in total. The molecule has 1 aliphatic heterocycles. The number of benzene rings is 1. The highest BCUT2D eigenvalue weighted by atomic mass is 19.4. The van der Waals surface area contributed by atoms with Crippen LogP contribution in [-0.4, -0.2) is 55.1 Å². The smallest absolute Gasteiger partial charge is 0.367 e. The summed E-state index contributed by atoms with van der Waals surface area (Å²) >= 11 is 0. The first-order chi connectivity index (χ1) is 11.2. The molecule has 2 rings (SSSR count). The zero-order valence-corrected chi connectivity index (χ0v) is 13.4. The van der Waals surface area contributed by atoms with Gasteiger partial charge in [0, 0.05) is 31.5 Å². The number of carbonyl (C=O) groups is 2. The van der Waals surface area contributed by atoms with E-state index in [-0.39, 0.29) is 31.8 Å². The van der Waals surface area contributed by atoms with Crippen molar-refractivity contribution in [2.24, 2.45) is 0 Å². The van der Waals surface area contributed by atoms with E-state index in [1.54, 1.807) is 24.3 Å². The summed E-state index contributed by atoms with van der Waals surface area (Å²) in [6, 6.07) is 6.31. The fourth-order valence-electron chi connectivity index (χ4n) is 2.70. The number of ketones is 1. The number of ether oxygens (including phenoxy) is 1. The van der Waals surface area contributed by atoms with E-state index in [1.807, 2.05) is 0 Å². The van der Waals surface area contributed by atoms with E-state index in [9.17, 15) is 22.8 Å². The summed E-state index contributed by atoms with van der Waals surface area (Å²) in [5.41, 5.74) is -1.21. The van der Waals surface area contributed by atoms with Gasteiger partial charge in [0.05, 0.1) is 6.54 Å². The Balaban J connectivity index is 1.93. The van der Waals surface area contributed by atoms with Crippen LogP contribution in [0.3, 0.4) is 0 Å². The van der Waals surface area contributed by atoms with E-state index in [1.165, 1.54) is 11.8 Å². The van der Waals surface area contributed by atoms with Gasteiger partial charge in [0.2, 0.25) is 5.91 Å². The second-order valence-electron chi connectivity index (χ2n) is 5.84. The zero-order chi connectivity index (χ0) is 18.0. The molecule has 0 saturated carbocycles. The molecule has 8 heteroatoms. The molecule has 0 aliphatic carbocycles. The first-order valence-electron chi connectivity index (χ1n) is 7.42. The van der Waals surface area contributed by atoms with Gasteiger partial charge in [-0.15, -0.1) is 0 Å². The van der Waals surface area contributed by atoms with Crippen LogP contribution in [0.4, 0.5) is 18.9 Å². The number of nitrogens with one attached hydrogen (secondary N) is 1. The minimum atomic E-state index is -4.48. The maximum atomic E-state index is 13.1. The third kappa shape index (κ3) is 3.93. The molecule has 0 spiro atoms. The average Bonchev–Trinajstić information content (AvgIpc) is 2.92. The average molecular weight is 344 g/mol. The van der Waals surface area contributed by atoms with Crippen molar-refractivity contribution < 1.29 is 27.5 Å². The summed E-state index contributed by atoms with van der Waals surface area (Å²) in [5, 5.41) is 2.61. The monoisotopic (exact) mass is 344 g/mol. The Bertz CT molecular complexity index is 616. The lowest BCUT2D eigenvalue weighted by molar-refractivity contribution is -0.263. The Morgan fingerprint density at radius 2 is 1.92 bits per heavy atom. The summed E-state index contributed by atoms with van der Waals surface area (Å²) in [5.74, 6) is -0.507. The molecular formula is C16H19F3N2O3. The normalized spacial score (nSPS) is 21.7. The van der Waals surface area contributed by atoms with Crippen LogP contribution < -0.4 is 5.32 Å². The Labute approximate surface area is 137 Å². The summed E-state index contributed by atoms with van der Waals surface area (Å²) < 4.78 is 44.0. The lowest BCUT2D eigenvalue weighted by Crippen LogP contribution is -2.49. The van der Waals surface area contributed by atoms with Gasteiger partial charge >= 0.3 is 6.18 Å². The molecule has 1 saturated heterocycles. The number of methoxy groups -OCH3 is 1. The standard InChI is InChI=1S/C16H19F3N2O3/c1-11(22)12-3-5-13(6-4-12)20-14(23)9-21-8-7-15(10-21,24-2)16(17,18)19/h3-6H,7-10H2,1-2H3,(H,20,23). The molecule has 1 unspecified atom stereocenters. The molecule has 24 heavy (non-hydrogen) atoms. The number of amides is 1. The fraction of sp³-hybridized carbons (Fsp3) is 0.500. The molecule has 1 N–H and O–H groups in total. The predicted octanol–water partition coefficient (Wildman–Crippen LogP) is 2.48. The first-order valence-corrected chi connectivity index (χ1v) is 7.42. The van der Waals surface area contributed by atoms with Gasteiger partial charge in [0.25, 0.3) is 0 Å². The Kier molecular flexibility index (Phi) is 5.29. The summed E-state index contributed by atoms with van der Waals surface area (Å²) in [6.07, 6.45) is -4.68. The molecule has 1 aromatic carbocycles. The van der Waals surface area contributed by atoms with Gasteiger partial charge in [-0.05, 0) is 37.6 Å². The number of rotatable bonds is 5. The maximum absolute atomic E-state index is 13.1. The van der Waals surface area contributed by atoms with E-state index in [2.05, 4.69) is 5.32 Å². The highest BCUT2D eigenvalue weighted by molar-refractivity contribution is 5.96. The molecule has 1 amide bonds. The van der Waals surface area contributed by atoms with Crippen molar-refractivity contribution in [3.8, 4) is 0 Å². The summed E-state index contributed by atoms with van der Waals surface area (Å²) in [6.45, 7) is 1.03. The fourth-order valence-corrected chi connectivity index (χ4v) is 2.70. The van der Waals surface area contributed by atoms with Crippen LogP contribution in [0.5, 0.6) is 0 Å². The molecule has 1 fully saturated rings. The number of likely N-dealkylation sites (tertiary alicyclic amines) is 1. The number of carbonyl (C=O) groups excluding carboxylic acids is 2. The van der Waals surface area contributed by atoms with E-state index < -0.39 is 17.7 Å². The van der Waals surface area contributed by atoms with Crippen molar-refractivity contribution in [1.82, 2.24) is 4.90 Å². The third-order valence-electron chi connectivity index (χ3n) is 4.16. The summed E-state index contributed by atoms with van der Waals surface area (Å²) in [7, 11) is 1.04. The lowest BCUT2D eigenvalue weighted by Gasteiger charge is -2.30. The largest absolute Gasteiger partial charge is 0.418 e. The van der Waals surface area contributed by atoms with Gasteiger partial charge in [-0.3, -0.25) is 14.5 Å². The van der Waals surface area contributed by atoms with Gasteiger partial charge in [0.1, 0.15) is 0 Å². The highest BCUT2D eigenvalue weighted by Gasteiger charge is 2.58. The van der Waals surface area contributed by atoms with E-state index >= 15 is 0 Å². The van der Waals surface area contributed by atoms with Crippen molar-refractivity contribution in [2.75, 3.05) is 32.1 Å². The molecular weight excluding hydrogens is 325 g/mol. The van der Waals surface area contributed by atoms with E-state index in [0.29, 0.717) is 11.3 Å². The van der Waals surface area contributed by atoms with Crippen molar-refractivity contribution in [2.45, 2.75) is 25.1 Å². The molecule has 1 heterocycles. The number of halogens is 3. The molecule has 1 aromatic rings. The van der Waals surface area contributed by atoms with Crippen LogP contribution in [0.15, 0.2) is 24.3 Å². The van der Waals surface area contributed by atoms with Gasteiger partial charge < -0.3 is 10.1 Å². The van der Waals surface area contributed by atoms with Gasteiger partial charge in [0.15, 0.2) is 11.4 Å². The molecule has 1 aliphatic rings. The van der Waals surface area contributed by atoms with Gasteiger partial charge in [-0.25, -0.2) is 0 Å². The van der Waals surface area contributed by atoms with Gasteiger partial charge in [-0.2, -0.15) is 13.2 Å².